The number of carbonyl (C=O) groups excluding carboxylic acids is 2. The number of alkyl halides is 3. The molecule has 4 rings (SSSR count). The van der Waals surface area contributed by atoms with Crippen LogP contribution in [-0.4, -0.2) is 43.4 Å². The van der Waals surface area contributed by atoms with E-state index in [-0.39, 0.29) is 11.7 Å². The van der Waals surface area contributed by atoms with Crippen LogP contribution in [0.3, 0.4) is 0 Å². The van der Waals surface area contributed by atoms with Crippen molar-refractivity contribution >= 4 is 23.3 Å². The smallest absolute Gasteiger partial charge is 0.471 e. The fourth-order valence-corrected chi connectivity index (χ4v) is 5.35. The Bertz CT molecular complexity index is 1260. The lowest BCUT2D eigenvalue weighted by atomic mass is 9.65. The van der Waals surface area contributed by atoms with Crippen LogP contribution >= 0.6 is 0 Å². The van der Waals surface area contributed by atoms with Crippen molar-refractivity contribution in [2.45, 2.75) is 63.3 Å². The number of halogens is 3. The number of carbonyl (C=O) groups is 2. The van der Waals surface area contributed by atoms with E-state index in [9.17, 15) is 22.8 Å². The number of rotatable bonds is 5. The van der Waals surface area contributed by atoms with Gasteiger partial charge in [-0.3, -0.25) is 19.9 Å². The van der Waals surface area contributed by atoms with Crippen LogP contribution in [0.15, 0.2) is 54.6 Å². The monoisotopic (exact) mass is 546 g/mol. The molecule has 2 aliphatic rings. The molecule has 1 saturated carbocycles. The van der Waals surface area contributed by atoms with Gasteiger partial charge in [-0.15, -0.1) is 0 Å². The first-order valence-corrected chi connectivity index (χ1v) is 12.7. The van der Waals surface area contributed by atoms with E-state index in [1.165, 1.54) is 25.3 Å². The summed E-state index contributed by atoms with van der Waals surface area (Å²) in [5.41, 5.74) is 3.17. The van der Waals surface area contributed by atoms with Crippen LogP contribution < -0.4 is 15.1 Å². The van der Waals surface area contributed by atoms with Gasteiger partial charge in [0.1, 0.15) is 17.0 Å². The molecular formula is C29H33F3N2O5. The van der Waals surface area contributed by atoms with Crippen LogP contribution in [0.4, 0.5) is 18.9 Å². The lowest BCUT2D eigenvalue weighted by molar-refractivity contribution is -0.170. The van der Waals surface area contributed by atoms with Crippen molar-refractivity contribution in [2.24, 2.45) is 5.92 Å². The average Bonchev–Trinajstić information content (AvgIpc) is 3.29. The van der Waals surface area contributed by atoms with Crippen molar-refractivity contribution in [3.8, 4) is 5.75 Å². The Kier molecular flexibility index (Phi) is 7.71. The first-order chi connectivity index (χ1) is 18.3. The molecule has 1 aliphatic carbocycles. The van der Waals surface area contributed by atoms with Crippen LogP contribution in [0.2, 0.25) is 0 Å². The number of hydrogen-bond acceptors (Lipinski definition) is 6. The Balaban J connectivity index is 1.77. The van der Waals surface area contributed by atoms with Crippen molar-refractivity contribution in [1.82, 2.24) is 5.48 Å². The van der Waals surface area contributed by atoms with Crippen LogP contribution in [-0.2, 0) is 19.2 Å². The maximum atomic E-state index is 13.4. The molecule has 1 fully saturated rings. The molecule has 1 amide bonds. The fraction of sp³-hybridized carbons (Fsp3) is 0.448. The van der Waals surface area contributed by atoms with Crippen LogP contribution in [0.5, 0.6) is 5.75 Å². The maximum absolute atomic E-state index is 13.4. The molecule has 1 heterocycles. The van der Waals surface area contributed by atoms with Gasteiger partial charge in [0.2, 0.25) is 0 Å². The minimum absolute atomic E-state index is 0.0339. The molecule has 210 valence electrons. The molecule has 7 nitrogen and oxygen atoms in total. The molecular weight excluding hydrogens is 513 g/mol. The van der Waals surface area contributed by atoms with Gasteiger partial charge < -0.3 is 14.4 Å². The maximum Gasteiger partial charge on any atom is 0.471 e. The van der Waals surface area contributed by atoms with Gasteiger partial charge in [0, 0.05) is 24.2 Å². The third-order valence-corrected chi connectivity index (χ3v) is 7.03. The van der Waals surface area contributed by atoms with E-state index >= 15 is 0 Å². The van der Waals surface area contributed by atoms with Gasteiger partial charge in [0.05, 0.1) is 18.7 Å². The molecule has 2 aromatic rings. The molecule has 0 saturated heterocycles. The predicted octanol–water partition coefficient (Wildman–Crippen LogP) is 5.76. The highest BCUT2D eigenvalue weighted by Gasteiger charge is 2.52. The normalized spacial score (nSPS) is 23.1. The zero-order valence-corrected chi connectivity index (χ0v) is 22.6. The van der Waals surface area contributed by atoms with E-state index in [4.69, 9.17) is 14.3 Å². The quantitative estimate of drug-likeness (QED) is 0.481. The van der Waals surface area contributed by atoms with Crippen LogP contribution in [0, 0.1) is 5.92 Å². The Morgan fingerprint density at radius 1 is 1.10 bits per heavy atom. The van der Waals surface area contributed by atoms with E-state index in [2.05, 4.69) is 5.48 Å². The van der Waals surface area contributed by atoms with Gasteiger partial charge in [0.15, 0.2) is 0 Å². The summed E-state index contributed by atoms with van der Waals surface area (Å²) in [6.45, 7) is 5.48. The van der Waals surface area contributed by atoms with E-state index in [0.717, 1.165) is 12.6 Å². The minimum atomic E-state index is -5.02. The minimum Gasteiger partial charge on any atom is -0.496 e. The standard InChI is InChI=1S/C29H33F3N2O5/c1-27(2,3)38-25(35)20-12-9-15-28(24(20)18-10-7-6-8-11-18)17-22(33-39-28)21-16-19(13-14-23(21)37-5)34(4)26(36)29(30,31)32/h6-8,10-11,13-14,16-17,20,24,33H,9,12,15H2,1-5H3/t20?,24-,28+/m1/s1. The highest BCUT2D eigenvalue weighted by atomic mass is 19.4. The molecule has 0 bridgehead atoms. The highest BCUT2D eigenvalue weighted by Crippen LogP contribution is 2.51. The Hall–Kier alpha value is -3.53. The van der Waals surface area contributed by atoms with Gasteiger partial charge >= 0.3 is 18.1 Å². The Morgan fingerprint density at radius 2 is 1.79 bits per heavy atom. The van der Waals surface area contributed by atoms with E-state index in [0.29, 0.717) is 41.2 Å². The molecule has 1 N–H and O–H groups in total. The lowest BCUT2D eigenvalue weighted by Crippen LogP contribution is -2.47. The predicted molar refractivity (Wildman–Crippen MR) is 140 cm³/mol. The number of ether oxygens (including phenoxy) is 2. The number of nitrogens with zero attached hydrogens (tertiary/aromatic N) is 1. The molecule has 2 aromatic carbocycles. The van der Waals surface area contributed by atoms with Crippen molar-refractivity contribution in [2.75, 3.05) is 19.1 Å². The van der Waals surface area contributed by atoms with Gasteiger partial charge in [-0.1, -0.05) is 30.3 Å². The van der Waals surface area contributed by atoms with E-state index in [1.54, 1.807) is 0 Å². The van der Waals surface area contributed by atoms with Gasteiger partial charge in [-0.2, -0.15) is 13.2 Å². The summed E-state index contributed by atoms with van der Waals surface area (Å²) in [5, 5.41) is 0. The second-order valence-electron chi connectivity index (χ2n) is 10.9. The summed E-state index contributed by atoms with van der Waals surface area (Å²) in [4.78, 5) is 32.1. The number of benzene rings is 2. The number of nitrogens with one attached hydrogen (secondary N) is 1. The average molecular weight is 547 g/mol. The van der Waals surface area contributed by atoms with E-state index in [1.807, 2.05) is 57.2 Å². The highest BCUT2D eigenvalue weighted by molar-refractivity contribution is 5.97. The summed E-state index contributed by atoms with van der Waals surface area (Å²) in [6.07, 6.45) is -1.25. The van der Waals surface area contributed by atoms with Gasteiger partial charge in [-0.05, 0) is 69.9 Å². The van der Waals surface area contributed by atoms with Gasteiger partial charge in [0.25, 0.3) is 0 Å². The number of methoxy groups -OCH3 is 1. The molecule has 0 radical (unpaired) electrons. The van der Waals surface area contributed by atoms with Crippen molar-refractivity contribution in [1.29, 1.82) is 0 Å². The second-order valence-corrected chi connectivity index (χ2v) is 10.9. The number of esters is 1. The lowest BCUT2D eigenvalue weighted by Gasteiger charge is -2.43. The molecule has 3 atom stereocenters. The van der Waals surface area contributed by atoms with E-state index < -0.39 is 35.1 Å². The van der Waals surface area contributed by atoms with Crippen LogP contribution in [0.1, 0.15) is 57.1 Å². The number of amides is 1. The summed E-state index contributed by atoms with van der Waals surface area (Å²) in [6, 6.07) is 13.9. The molecule has 1 unspecified atom stereocenters. The molecule has 0 aromatic heterocycles. The third kappa shape index (κ3) is 5.90. The third-order valence-electron chi connectivity index (χ3n) is 7.03. The number of hydroxylamine groups is 1. The topological polar surface area (TPSA) is 77.1 Å². The number of hydrogen-bond donors (Lipinski definition) is 1. The summed E-state index contributed by atoms with van der Waals surface area (Å²) in [7, 11) is 2.51. The zero-order valence-electron chi connectivity index (χ0n) is 22.6. The molecule has 10 heteroatoms. The molecule has 1 spiro atoms. The zero-order chi connectivity index (χ0) is 28.6. The summed E-state index contributed by atoms with van der Waals surface area (Å²) in [5.74, 6) is -2.80. The molecule has 39 heavy (non-hydrogen) atoms. The SMILES string of the molecule is COc1ccc(N(C)C(=O)C(F)(F)F)cc1C1=C[C@]2(CCCC(C(=O)OC(C)(C)C)[C@H]2c2ccccc2)ON1. The fourth-order valence-electron chi connectivity index (χ4n) is 5.35. The first kappa shape index (κ1) is 28.5. The molecule has 1 aliphatic heterocycles. The number of anilines is 1. The Labute approximate surface area is 225 Å². The van der Waals surface area contributed by atoms with Crippen molar-refractivity contribution in [3.05, 3.63) is 65.7 Å². The second kappa shape index (κ2) is 10.6. The van der Waals surface area contributed by atoms with Crippen LogP contribution in [0.25, 0.3) is 5.70 Å². The summed E-state index contributed by atoms with van der Waals surface area (Å²) < 4.78 is 50.5. The Morgan fingerprint density at radius 3 is 2.41 bits per heavy atom. The van der Waals surface area contributed by atoms with Gasteiger partial charge in [-0.25, -0.2) is 0 Å². The van der Waals surface area contributed by atoms with Crippen molar-refractivity contribution < 1.29 is 37.1 Å². The first-order valence-electron chi connectivity index (χ1n) is 12.7. The van der Waals surface area contributed by atoms with Crippen molar-refractivity contribution in [3.63, 3.8) is 0 Å². The summed E-state index contributed by atoms with van der Waals surface area (Å²) >= 11 is 0. The largest absolute Gasteiger partial charge is 0.496 e.